The van der Waals surface area contributed by atoms with Crippen molar-refractivity contribution in [3.8, 4) is 0 Å². The van der Waals surface area contributed by atoms with E-state index in [0.717, 1.165) is 37.1 Å². The Morgan fingerprint density at radius 3 is 2.92 bits per heavy atom. The quantitative estimate of drug-likeness (QED) is 0.735. The summed E-state index contributed by atoms with van der Waals surface area (Å²) in [6, 6.07) is 8.53. The summed E-state index contributed by atoms with van der Waals surface area (Å²) >= 11 is 0. The molecule has 3 aromatic rings. The van der Waals surface area contributed by atoms with Crippen LogP contribution in [0.3, 0.4) is 0 Å². The number of aryl methyl sites for hydroxylation is 2. The Bertz CT molecular complexity index is 907. The van der Waals surface area contributed by atoms with E-state index in [1.54, 1.807) is 0 Å². The van der Waals surface area contributed by atoms with Gasteiger partial charge in [0.15, 0.2) is 0 Å². The molecule has 0 aliphatic carbocycles. The first-order chi connectivity index (χ1) is 12.1. The third-order valence-electron chi connectivity index (χ3n) is 5.18. The Kier molecular flexibility index (Phi) is 4.07. The summed E-state index contributed by atoms with van der Waals surface area (Å²) in [6.45, 7) is 3.69. The fourth-order valence-electron chi connectivity index (χ4n) is 3.97. The molecule has 1 amide bonds. The van der Waals surface area contributed by atoms with Gasteiger partial charge in [0.2, 0.25) is 5.91 Å². The normalized spacial score (nSPS) is 17.5. The molecule has 0 N–H and O–H groups in total. The molecule has 5 heteroatoms. The Balaban J connectivity index is 1.51. The maximum absolute atomic E-state index is 13.0. The molecule has 1 saturated heterocycles. The third-order valence-corrected chi connectivity index (χ3v) is 5.18. The molecule has 1 aliphatic rings. The molecule has 1 unspecified atom stereocenters. The molecule has 0 radical (unpaired) electrons. The summed E-state index contributed by atoms with van der Waals surface area (Å²) in [5.74, 6) is 0.225. The molecule has 0 saturated carbocycles. The van der Waals surface area contributed by atoms with E-state index in [-0.39, 0.29) is 11.9 Å². The molecule has 0 bridgehead atoms. The van der Waals surface area contributed by atoms with E-state index in [4.69, 9.17) is 0 Å². The van der Waals surface area contributed by atoms with Crippen molar-refractivity contribution in [3.63, 3.8) is 0 Å². The molecule has 1 aromatic carbocycles. The van der Waals surface area contributed by atoms with Gasteiger partial charge >= 0.3 is 0 Å². The predicted molar refractivity (Wildman–Crippen MR) is 98.3 cm³/mol. The van der Waals surface area contributed by atoms with Crippen molar-refractivity contribution in [2.45, 2.75) is 38.8 Å². The molecule has 2 aromatic heterocycles. The van der Waals surface area contributed by atoms with Crippen molar-refractivity contribution in [2.75, 3.05) is 6.54 Å². The van der Waals surface area contributed by atoms with Crippen molar-refractivity contribution in [1.29, 1.82) is 0 Å². The lowest BCUT2D eigenvalue weighted by atomic mass is 10.1. The molecular weight excluding hydrogens is 312 g/mol. The highest BCUT2D eigenvalue weighted by Crippen LogP contribution is 2.24. The van der Waals surface area contributed by atoms with Crippen LogP contribution < -0.4 is 0 Å². The Morgan fingerprint density at radius 2 is 2.12 bits per heavy atom. The summed E-state index contributed by atoms with van der Waals surface area (Å²) in [5.41, 5.74) is 3.45. The standard InChI is InChI=1S/C20H24N4O/c1-15-11-21-23(12-15)14-17-6-5-9-24(17)20(25)10-16-13-22(2)19-8-4-3-7-18(16)19/h3-4,7-8,11-13,17H,5-6,9-10,14H2,1-2H3. The van der Waals surface area contributed by atoms with Gasteiger partial charge < -0.3 is 9.47 Å². The van der Waals surface area contributed by atoms with Gasteiger partial charge in [0.05, 0.1) is 25.2 Å². The summed E-state index contributed by atoms with van der Waals surface area (Å²) in [7, 11) is 2.04. The van der Waals surface area contributed by atoms with E-state index in [1.807, 2.05) is 43.2 Å². The highest BCUT2D eigenvalue weighted by atomic mass is 16.2. The number of benzene rings is 1. The van der Waals surface area contributed by atoms with E-state index in [1.165, 1.54) is 10.9 Å². The summed E-state index contributed by atoms with van der Waals surface area (Å²) < 4.78 is 4.06. The van der Waals surface area contributed by atoms with Gasteiger partial charge in [-0.2, -0.15) is 5.10 Å². The lowest BCUT2D eigenvalue weighted by Gasteiger charge is -2.24. The summed E-state index contributed by atoms with van der Waals surface area (Å²) in [6.07, 6.45) is 8.61. The molecule has 1 atom stereocenters. The number of para-hydroxylation sites is 1. The first-order valence-corrected chi connectivity index (χ1v) is 8.93. The van der Waals surface area contributed by atoms with Crippen LogP contribution in [0.4, 0.5) is 0 Å². The number of carbonyl (C=O) groups is 1. The number of rotatable bonds is 4. The van der Waals surface area contributed by atoms with Crippen LogP contribution in [0.5, 0.6) is 0 Å². The third kappa shape index (κ3) is 3.06. The van der Waals surface area contributed by atoms with E-state index in [9.17, 15) is 4.79 Å². The van der Waals surface area contributed by atoms with Gasteiger partial charge in [0, 0.05) is 36.9 Å². The lowest BCUT2D eigenvalue weighted by Crippen LogP contribution is -2.39. The second kappa shape index (κ2) is 6.39. The van der Waals surface area contributed by atoms with Crippen LogP contribution in [0, 0.1) is 6.92 Å². The molecule has 25 heavy (non-hydrogen) atoms. The van der Waals surface area contributed by atoms with Crippen molar-refractivity contribution >= 4 is 16.8 Å². The van der Waals surface area contributed by atoms with Crippen molar-refractivity contribution in [2.24, 2.45) is 7.05 Å². The Hall–Kier alpha value is -2.56. The molecule has 1 aliphatic heterocycles. The lowest BCUT2D eigenvalue weighted by molar-refractivity contribution is -0.131. The number of likely N-dealkylation sites (tertiary alicyclic amines) is 1. The van der Waals surface area contributed by atoms with Crippen LogP contribution in [-0.4, -0.2) is 37.7 Å². The minimum absolute atomic E-state index is 0.225. The monoisotopic (exact) mass is 336 g/mol. The van der Waals surface area contributed by atoms with Gasteiger partial charge in [0.25, 0.3) is 0 Å². The van der Waals surface area contributed by atoms with Crippen molar-refractivity contribution in [1.82, 2.24) is 19.2 Å². The number of carbonyl (C=O) groups excluding carboxylic acids is 1. The first kappa shape index (κ1) is 15.9. The fraction of sp³-hybridized carbons (Fsp3) is 0.400. The highest BCUT2D eigenvalue weighted by molar-refractivity contribution is 5.89. The predicted octanol–water partition coefficient (Wildman–Crippen LogP) is 2.92. The smallest absolute Gasteiger partial charge is 0.227 e. The highest BCUT2D eigenvalue weighted by Gasteiger charge is 2.29. The molecular formula is C20H24N4O. The van der Waals surface area contributed by atoms with Crippen LogP contribution in [-0.2, 0) is 24.8 Å². The van der Waals surface area contributed by atoms with Crippen LogP contribution in [0.2, 0.25) is 0 Å². The van der Waals surface area contributed by atoms with Gasteiger partial charge in [-0.05, 0) is 37.0 Å². The van der Waals surface area contributed by atoms with Gasteiger partial charge in [0.1, 0.15) is 0 Å². The zero-order valence-corrected chi connectivity index (χ0v) is 14.9. The van der Waals surface area contributed by atoms with E-state index < -0.39 is 0 Å². The summed E-state index contributed by atoms with van der Waals surface area (Å²) in [5, 5.41) is 5.55. The minimum Gasteiger partial charge on any atom is -0.350 e. The minimum atomic E-state index is 0.225. The second-order valence-corrected chi connectivity index (χ2v) is 7.08. The first-order valence-electron chi connectivity index (χ1n) is 8.93. The fourth-order valence-corrected chi connectivity index (χ4v) is 3.97. The second-order valence-electron chi connectivity index (χ2n) is 7.08. The average Bonchev–Trinajstić information content (AvgIpc) is 3.29. The van der Waals surface area contributed by atoms with Crippen LogP contribution in [0.25, 0.3) is 10.9 Å². The Morgan fingerprint density at radius 1 is 1.28 bits per heavy atom. The van der Waals surface area contributed by atoms with Gasteiger partial charge in [-0.25, -0.2) is 0 Å². The van der Waals surface area contributed by atoms with Gasteiger partial charge in [-0.15, -0.1) is 0 Å². The number of aromatic nitrogens is 3. The maximum atomic E-state index is 13.0. The van der Waals surface area contributed by atoms with Gasteiger partial charge in [-0.3, -0.25) is 9.48 Å². The topological polar surface area (TPSA) is 43.1 Å². The average molecular weight is 336 g/mol. The largest absolute Gasteiger partial charge is 0.350 e. The number of hydrogen-bond acceptors (Lipinski definition) is 2. The van der Waals surface area contributed by atoms with Crippen LogP contribution in [0.15, 0.2) is 42.9 Å². The van der Waals surface area contributed by atoms with E-state index >= 15 is 0 Å². The maximum Gasteiger partial charge on any atom is 0.227 e. The van der Waals surface area contributed by atoms with E-state index in [2.05, 4.69) is 32.9 Å². The number of amides is 1. The van der Waals surface area contributed by atoms with Crippen LogP contribution in [0.1, 0.15) is 24.0 Å². The zero-order chi connectivity index (χ0) is 17.4. The molecule has 1 fully saturated rings. The molecule has 0 spiro atoms. The SMILES string of the molecule is Cc1cnn(CC2CCCN2C(=O)Cc2cn(C)c3ccccc23)c1. The number of hydrogen-bond donors (Lipinski definition) is 0. The molecule has 5 nitrogen and oxygen atoms in total. The Labute approximate surface area is 147 Å². The number of nitrogens with zero attached hydrogens (tertiary/aromatic N) is 4. The van der Waals surface area contributed by atoms with Crippen LogP contribution >= 0.6 is 0 Å². The molecule has 130 valence electrons. The molecule has 4 rings (SSSR count). The molecule has 3 heterocycles. The van der Waals surface area contributed by atoms with Crippen molar-refractivity contribution in [3.05, 3.63) is 54.0 Å². The number of fused-ring (bicyclic) bond motifs is 1. The van der Waals surface area contributed by atoms with E-state index in [0.29, 0.717) is 6.42 Å². The van der Waals surface area contributed by atoms with Crippen molar-refractivity contribution < 1.29 is 4.79 Å². The summed E-state index contributed by atoms with van der Waals surface area (Å²) in [4.78, 5) is 15.0. The van der Waals surface area contributed by atoms with Gasteiger partial charge in [-0.1, -0.05) is 18.2 Å². The zero-order valence-electron chi connectivity index (χ0n) is 14.9.